The van der Waals surface area contributed by atoms with Gasteiger partial charge in [0.05, 0.1) is 12.3 Å². The SMILES string of the molecule is CN(C[C@@H]1CCOC1)C(=O)NCCNc1cccc(F)c1C#N. The minimum atomic E-state index is -0.556. The summed E-state index contributed by atoms with van der Waals surface area (Å²) in [5, 5.41) is 14.7. The molecule has 0 radical (unpaired) electrons. The number of amides is 2. The molecule has 0 spiro atoms. The number of rotatable bonds is 6. The number of nitriles is 1. The molecule has 2 rings (SSSR count). The first kappa shape index (κ1) is 17.0. The van der Waals surface area contributed by atoms with Gasteiger partial charge in [-0.2, -0.15) is 5.26 Å². The second-order valence-electron chi connectivity index (χ2n) is 5.54. The Labute approximate surface area is 135 Å². The summed E-state index contributed by atoms with van der Waals surface area (Å²) >= 11 is 0. The number of ether oxygens (including phenoxy) is 1. The van der Waals surface area contributed by atoms with E-state index in [9.17, 15) is 9.18 Å². The molecule has 0 saturated carbocycles. The number of urea groups is 1. The fraction of sp³-hybridized carbons (Fsp3) is 0.500. The van der Waals surface area contributed by atoms with Crippen LogP contribution in [-0.2, 0) is 4.74 Å². The van der Waals surface area contributed by atoms with Crippen LogP contribution in [0.25, 0.3) is 0 Å². The van der Waals surface area contributed by atoms with Gasteiger partial charge >= 0.3 is 6.03 Å². The molecule has 2 amide bonds. The monoisotopic (exact) mass is 320 g/mol. The van der Waals surface area contributed by atoms with Gasteiger partial charge in [0.1, 0.15) is 17.4 Å². The molecule has 1 saturated heterocycles. The van der Waals surface area contributed by atoms with Gasteiger partial charge in [-0.3, -0.25) is 0 Å². The molecule has 0 aromatic heterocycles. The molecule has 1 heterocycles. The van der Waals surface area contributed by atoms with Crippen molar-refractivity contribution >= 4 is 11.7 Å². The fourth-order valence-corrected chi connectivity index (χ4v) is 2.48. The Kier molecular flexibility index (Phi) is 6.18. The van der Waals surface area contributed by atoms with Crippen molar-refractivity contribution < 1.29 is 13.9 Å². The summed E-state index contributed by atoms with van der Waals surface area (Å²) in [5.74, 6) is -0.158. The number of carbonyl (C=O) groups is 1. The third kappa shape index (κ3) is 4.83. The van der Waals surface area contributed by atoms with E-state index in [2.05, 4.69) is 10.6 Å². The average Bonchev–Trinajstić information content (AvgIpc) is 3.04. The molecule has 7 heteroatoms. The standard InChI is InChI=1S/C16H21FN4O2/c1-21(10-12-5-8-23-11-12)16(22)20-7-6-19-15-4-2-3-14(17)13(15)9-18/h2-4,12,19H,5-8,10-11H2,1H3,(H,20,22)/t12-/m0/s1. The molecule has 1 atom stereocenters. The van der Waals surface area contributed by atoms with Gasteiger partial charge in [0.15, 0.2) is 0 Å². The summed E-state index contributed by atoms with van der Waals surface area (Å²) in [7, 11) is 1.75. The first-order valence-corrected chi connectivity index (χ1v) is 7.61. The fourth-order valence-electron chi connectivity index (χ4n) is 2.48. The van der Waals surface area contributed by atoms with Crippen LogP contribution in [0.5, 0.6) is 0 Å². The zero-order valence-electron chi connectivity index (χ0n) is 13.1. The van der Waals surface area contributed by atoms with Crippen molar-refractivity contribution in [3.63, 3.8) is 0 Å². The lowest BCUT2D eigenvalue weighted by Gasteiger charge is -2.21. The normalized spacial score (nSPS) is 16.7. The first-order chi connectivity index (χ1) is 11.1. The quantitative estimate of drug-likeness (QED) is 0.783. The second kappa shape index (κ2) is 8.34. The third-order valence-corrected chi connectivity index (χ3v) is 3.74. The van der Waals surface area contributed by atoms with Crippen LogP contribution in [0.2, 0.25) is 0 Å². The van der Waals surface area contributed by atoms with Gasteiger partial charge in [0.2, 0.25) is 0 Å². The number of hydrogen-bond donors (Lipinski definition) is 2. The summed E-state index contributed by atoms with van der Waals surface area (Å²) in [4.78, 5) is 13.6. The minimum absolute atomic E-state index is 0.0165. The van der Waals surface area contributed by atoms with Gasteiger partial charge in [0, 0.05) is 39.2 Å². The third-order valence-electron chi connectivity index (χ3n) is 3.74. The van der Waals surface area contributed by atoms with Crippen LogP contribution in [0.15, 0.2) is 18.2 Å². The topological polar surface area (TPSA) is 77.4 Å². The van der Waals surface area contributed by atoms with E-state index in [0.717, 1.165) is 13.0 Å². The van der Waals surface area contributed by atoms with Crippen LogP contribution >= 0.6 is 0 Å². The van der Waals surface area contributed by atoms with Crippen LogP contribution in [0.3, 0.4) is 0 Å². The van der Waals surface area contributed by atoms with E-state index in [1.54, 1.807) is 18.0 Å². The molecule has 1 aromatic carbocycles. The molecule has 2 N–H and O–H groups in total. The molecule has 1 aliphatic rings. The number of hydrogen-bond acceptors (Lipinski definition) is 4. The van der Waals surface area contributed by atoms with Crippen molar-refractivity contribution in [3.05, 3.63) is 29.6 Å². The molecule has 23 heavy (non-hydrogen) atoms. The highest BCUT2D eigenvalue weighted by atomic mass is 19.1. The molecule has 1 fully saturated rings. The summed E-state index contributed by atoms with van der Waals surface area (Å²) < 4.78 is 18.7. The van der Waals surface area contributed by atoms with E-state index in [1.165, 1.54) is 12.1 Å². The highest BCUT2D eigenvalue weighted by Gasteiger charge is 2.19. The van der Waals surface area contributed by atoms with Crippen molar-refractivity contribution in [2.24, 2.45) is 5.92 Å². The highest BCUT2D eigenvalue weighted by molar-refractivity contribution is 5.73. The number of benzene rings is 1. The largest absolute Gasteiger partial charge is 0.382 e. The number of nitrogens with zero attached hydrogens (tertiary/aromatic N) is 2. The maximum atomic E-state index is 13.4. The highest BCUT2D eigenvalue weighted by Crippen LogP contribution is 2.17. The number of carbonyl (C=O) groups excluding carboxylic acids is 1. The molecular weight excluding hydrogens is 299 g/mol. The Balaban J connectivity index is 1.71. The molecule has 124 valence electrons. The van der Waals surface area contributed by atoms with Crippen molar-refractivity contribution in [3.8, 4) is 6.07 Å². The molecule has 0 bridgehead atoms. The van der Waals surface area contributed by atoms with Gasteiger partial charge in [-0.15, -0.1) is 0 Å². The van der Waals surface area contributed by atoms with Gasteiger partial charge in [-0.1, -0.05) is 6.07 Å². The smallest absolute Gasteiger partial charge is 0.317 e. The summed E-state index contributed by atoms with van der Waals surface area (Å²) in [5.41, 5.74) is 0.412. The lowest BCUT2D eigenvalue weighted by Crippen LogP contribution is -2.41. The predicted octanol–water partition coefficient (Wildman–Crippen LogP) is 1.79. The summed E-state index contributed by atoms with van der Waals surface area (Å²) in [6, 6.07) is 6.09. The molecule has 0 unspecified atom stereocenters. The number of nitrogens with one attached hydrogen (secondary N) is 2. The van der Waals surface area contributed by atoms with Crippen molar-refractivity contribution in [1.29, 1.82) is 5.26 Å². The molecule has 1 aromatic rings. The predicted molar refractivity (Wildman–Crippen MR) is 84.6 cm³/mol. The maximum Gasteiger partial charge on any atom is 0.317 e. The van der Waals surface area contributed by atoms with E-state index < -0.39 is 5.82 Å². The van der Waals surface area contributed by atoms with Crippen molar-refractivity contribution in [2.45, 2.75) is 6.42 Å². The minimum Gasteiger partial charge on any atom is -0.382 e. The van der Waals surface area contributed by atoms with Gasteiger partial charge in [0.25, 0.3) is 0 Å². The van der Waals surface area contributed by atoms with Crippen molar-refractivity contribution in [2.75, 3.05) is 45.2 Å². The zero-order chi connectivity index (χ0) is 16.7. The van der Waals surface area contributed by atoms with Crippen LogP contribution < -0.4 is 10.6 Å². The average molecular weight is 320 g/mol. The van der Waals surface area contributed by atoms with Crippen LogP contribution in [0.1, 0.15) is 12.0 Å². The second-order valence-corrected chi connectivity index (χ2v) is 5.54. The van der Waals surface area contributed by atoms with Gasteiger partial charge in [-0.05, 0) is 18.6 Å². The molecule has 6 nitrogen and oxygen atoms in total. The first-order valence-electron chi connectivity index (χ1n) is 7.61. The van der Waals surface area contributed by atoms with Crippen LogP contribution in [0.4, 0.5) is 14.9 Å². The van der Waals surface area contributed by atoms with Gasteiger partial charge in [-0.25, -0.2) is 9.18 Å². The molecular formula is C16H21FN4O2. The van der Waals surface area contributed by atoms with Gasteiger partial charge < -0.3 is 20.3 Å². The van der Waals surface area contributed by atoms with E-state index in [1.807, 2.05) is 6.07 Å². The Morgan fingerprint density at radius 1 is 1.52 bits per heavy atom. The van der Waals surface area contributed by atoms with E-state index >= 15 is 0 Å². The van der Waals surface area contributed by atoms with Crippen LogP contribution in [-0.4, -0.2) is 50.8 Å². The lowest BCUT2D eigenvalue weighted by molar-refractivity contribution is 0.171. The molecule has 0 aliphatic carbocycles. The summed E-state index contributed by atoms with van der Waals surface area (Å²) in [6.07, 6.45) is 0.982. The zero-order valence-corrected chi connectivity index (χ0v) is 13.1. The maximum absolute atomic E-state index is 13.4. The Morgan fingerprint density at radius 3 is 3.04 bits per heavy atom. The Hall–Kier alpha value is -2.33. The lowest BCUT2D eigenvalue weighted by atomic mass is 10.1. The Bertz CT molecular complexity index is 582. The van der Waals surface area contributed by atoms with Crippen molar-refractivity contribution in [1.82, 2.24) is 10.2 Å². The number of halogens is 1. The van der Waals surface area contributed by atoms with E-state index in [-0.39, 0.29) is 11.6 Å². The van der Waals surface area contributed by atoms with E-state index in [0.29, 0.717) is 37.8 Å². The van der Waals surface area contributed by atoms with Crippen LogP contribution in [0, 0.1) is 23.1 Å². The number of anilines is 1. The molecule has 1 aliphatic heterocycles. The Morgan fingerprint density at radius 2 is 2.35 bits per heavy atom. The van der Waals surface area contributed by atoms with E-state index in [4.69, 9.17) is 10.00 Å². The summed E-state index contributed by atoms with van der Waals surface area (Å²) in [6.45, 7) is 2.92.